The standard InChI is InChI=1S/C13H24N4O/c1-3-5-17-10-11(9-15-17)13-12(8-14)18-7-6-16(13)4-2/h9-10,12-13H,3-8,14H2,1-2H3. The van der Waals surface area contributed by atoms with E-state index < -0.39 is 0 Å². The maximum atomic E-state index is 5.83. The summed E-state index contributed by atoms with van der Waals surface area (Å²) in [5, 5.41) is 4.41. The molecule has 1 aromatic heterocycles. The van der Waals surface area contributed by atoms with Crippen molar-refractivity contribution in [2.75, 3.05) is 26.2 Å². The molecule has 2 unspecified atom stereocenters. The van der Waals surface area contributed by atoms with Gasteiger partial charge in [-0.05, 0) is 13.0 Å². The molecule has 1 fully saturated rings. The van der Waals surface area contributed by atoms with Gasteiger partial charge >= 0.3 is 0 Å². The van der Waals surface area contributed by atoms with Crippen LogP contribution in [-0.2, 0) is 11.3 Å². The van der Waals surface area contributed by atoms with Crippen molar-refractivity contribution in [3.63, 3.8) is 0 Å². The zero-order chi connectivity index (χ0) is 13.0. The van der Waals surface area contributed by atoms with Crippen LogP contribution < -0.4 is 5.73 Å². The number of hydrogen-bond donors (Lipinski definition) is 1. The van der Waals surface area contributed by atoms with E-state index in [1.165, 1.54) is 5.56 Å². The predicted molar refractivity (Wildman–Crippen MR) is 71.3 cm³/mol. The van der Waals surface area contributed by atoms with Crippen LogP contribution in [0.1, 0.15) is 31.9 Å². The van der Waals surface area contributed by atoms with E-state index in [9.17, 15) is 0 Å². The number of ether oxygens (including phenoxy) is 1. The fourth-order valence-corrected chi connectivity index (χ4v) is 2.65. The van der Waals surface area contributed by atoms with Gasteiger partial charge in [-0.3, -0.25) is 9.58 Å². The van der Waals surface area contributed by atoms with Crippen LogP contribution in [-0.4, -0.2) is 47.0 Å². The van der Waals surface area contributed by atoms with Crippen molar-refractivity contribution in [2.24, 2.45) is 5.73 Å². The first-order valence-electron chi connectivity index (χ1n) is 6.88. The number of aromatic nitrogens is 2. The number of nitrogens with zero attached hydrogens (tertiary/aromatic N) is 3. The molecule has 0 amide bonds. The highest BCUT2D eigenvalue weighted by molar-refractivity contribution is 5.14. The molecule has 0 spiro atoms. The Morgan fingerprint density at radius 1 is 1.50 bits per heavy atom. The molecular weight excluding hydrogens is 228 g/mol. The Labute approximate surface area is 109 Å². The van der Waals surface area contributed by atoms with E-state index in [1.54, 1.807) is 0 Å². The van der Waals surface area contributed by atoms with Gasteiger partial charge in [0.05, 0.1) is 24.9 Å². The van der Waals surface area contributed by atoms with E-state index in [0.717, 1.165) is 32.7 Å². The predicted octanol–water partition coefficient (Wildman–Crippen LogP) is 1.01. The first kappa shape index (κ1) is 13.5. The Morgan fingerprint density at radius 2 is 2.33 bits per heavy atom. The smallest absolute Gasteiger partial charge is 0.0895 e. The summed E-state index contributed by atoms with van der Waals surface area (Å²) in [5.74, 6) is 0. The second-order valence-electron chi connectivity index (χ2n) is 4.76. The van der Waals surface area contributed by atoms with Crippen molar-refractivity contribution in [3.8, 4) is 0 Å². The van der Waals surface area contributed by atoms with Gasteiger partial charge in [0.1, 0.15) is 0 Å². The molecule has 0 aliphatic carbocycles. The van der Waals surface area contributed by atoms with Gasteiger partial charge < -0.3 is 10.5 Å². The van der Waals surface area contributed by atoms with Crippen LogP contribution in [0.25, 0.3) is 0 Å². The van der Waals surface area contributed by atoms with Crippen LogP contribution in [0, 0.1) is 0 Å². The minimum absolute atomic E-state index is 0.0815. The topological polar surface area (TPSA) is 56.3 Å². The average molecular weight is 252 g/mol. The summed E-state index contributed by atoms with van der Waals surface area (Å²) in [7, 11) is 0. The molecule has 1 aromatic rings. The summed E-state index contributed by atoms with van der Waals surface area (Å²) in [5.41, 5.74) is 7.06. The van der Waals surface area contributed by atoms with Gasteiger partial charge in [0, 0.05) is 31.4 Å². The number of hydrogen-bond acceptors (Lipinski definition) is 4. The quantitative estimate of drug-likeness (QED) is 0.850. The summed E-state index contributed by atoms with van der Waals surface area (Å²) in [6.07, 6.45) is 5.27. The van der Waals surface area contributed by atoms with Gasteiger partial charge in [-0.25, -0.2) is 0 Å². The van der Waals surface area contributed by atoms with Crippen LogP contribution in [0.2, 0.25) is 0 Å². The maximum Gasteiger partial charge on any atom is 0.0895 e. The Bertz CT molecular complexity index is 354. The molecule has 18 heavy (non-hydrogen) atoms. The first-order chi connectivity index (χ1) is 8.80. The second kappa shape index (κ2) is 6.31. The van der Waals surface area contributed by atoms with E-state index in [-0.39, 0.29) is 12.1 Å². The molecule has 2 atom stereocenters. The van der Waals surface area contributed by atoms with Gasteiger partial charge in [-0.1, -0.05) is 13.8 Å². The van der Waals surface area contributed by atoms with Crippen molar-refractivity contribution in [1.29, 1.82) is 0 Å². The highest BCUT2D eigenvalue weighted by Gasteiger charge is 2.32. The van der Waals surface area contributed by atoms with Crippen LogP contribution >= 0.6 is 0 Å². The minimum Gasteiger partial charge on any atom is -0.374 e. The van der Waals surface area contributed by atoms with Gasteiger partial charge in [-0.2, -0.15) is 5.10 Å². The zero-order valence-electron chi connectivity index (χ0n) is 11.4. The van der Waals surface area contributed by atoms with E-state index in [1.807, 2.05) is 10.9 Å². The van der Waals surface area contributed by atoms with Crippen molar-refractivity contribution in [1.82, 2.24) is 14.7 Å². The summed E-state index contributed by atoms with van der Waals surface area (Å²) in [6.45, 7) is 8.62. The van der Waals surface area contributed by atoms with Crippen molar-refractivity contribution in [3.05, 3.63) is 18.0 Å². The van der Waals surface area contributed by atoms with Crippen molar-refractivity contribution in [2.45, 2.75) is 39.0 Å². The molecule has 2 heterocycles. The lowest BCUT2D eigenvalue weighted by atomic mass is 10.0. The Morgan fingerprint density at radius 3 is 3.00 bits per heavy atom. The van der Waals surface area contributed by atoms with Gasteiger partial charge in [-0.15, -0.1) is 0 Å². The summed E-state index contributed by atoms with van der Waals surface area (Å²) < 4.78 is 7.80. The molecule has 5 nitrogen and oxygen atoms in total. The summed E-state index contributed by atoms with van der Waals surface area (Å²) in [4.78, 5) is 2.42. The van der Waals surface area contributed by atoms with E-state index >= 15 is 0 Å². The third-order valence-corrected chi connectivity index (χ3v) is 3.54. The van der Waals surface area contributed by atoms with E-state index in [4.69, 9.17) is 10.5 Å². The number of likely N-dealkylation sites (N-methyl/N-ethyl adjacent to an activating group) is 1. The van der Waals surface area contributed by atoms with Crippen LogP contribution in [0.5, 0.6) is 0 Å². The van der Waals surface area contributed by atoms with Crippen LogP contribution in [0.15, 0.2) is 12.4 Å². The first-order valence-corrected chi connectivity index (χ1v) is 6.88. The Balaban J connectivity index is 2.18. The molecule has 0 aromatic carbocycles. The minimum atomic E-state index is 0.0815. The third-order valence-electron chi connectivity index (χ3n) is 3.54. The largest absolute Gasteiger partial charge is 0.374 e. The van der Waals surface area contributed by atoms with E-state index in [0.29, 0.717) is 6.54 Å². The lowest BCUT2D eigenvalue weighted by molar-refractivity contribution is -0.0658. The molecule has 0 saturated carbocycles. The zero-order valence-corrected chi connectivity index (χ0v) is 11.4. The third kappa shape index (κ3) is 2.74. The molecule has 1 aliphatic heterocycles. The number of aryl methyl sites for hydroxylation is 1. The van der Waals surface area contributed by atoms with Crippen LogP contribution in [0.3, 0.4) is 0 Å². The highest BCUT2D eigenvalue weighted by Crippen LogP contribution is 2.28. The highest BCUT2D eigenvalue weighted by atomic mass is 16.5. The molecular formula is C13H24N4O. The molecule has 0 bridgehead atoms. The fourth-order valence-electron chi connectivity index (χ4n) is 2.65. The molecule has 102 valence electrons. The summed E-state index contributed by atoms with van der Waals surface area (Å²) >= 11 is 0. The normalized spacial score (nSPS) is 25.5. The van der Waals surface area contributed by atoms with Gasteiger partial charge in [0.25, 0.3) is 0 Å². The monoisotopic (exact) mass is 252 g/mol. The average Bonchev–Trinajstić information content (AvgIpc) is 2.86. The number of rotatable bonds is 5. The Kier molecular flexibility index (Phi) is 4.74. The molecule has 2 N–H and O–H groups in total. The van der Waals surface area contributed by atoms with Gasteiger partial charge in [0.2, 0.25) is 0 Å². The lowest BCUT2D eigenvalue weighted by Gasteiger charge is -2.39. The molecule has 1 aliphatic rings. The lowest BCUT2D eigenvalue weighted by Crippen LogP contribution is -2.47. The molecule has 2 rings (SSSR count). The summed E-state index contributed by atoms with van der Waals surface area (Å²) in [6, 6.07) is 0.249. The van der Waals surface area contributed by atoms with Crippen molar-refractivity contribution >= 4 is 0 Å². The maximum absolute atomic E-state index is 5.83. The van der Waals surface area contributed by atoms with E-state index in [2.05, 4.69) is 30.0 Å². The number of morpholine rings is 1. The van der Waals surface area contributed by atoms with Gasteiger partial charge in [0.15, 0.2) is 0 Å². The fraction of sp³-hybridized carbons (Fsp3) is 0.769. The number of nitrogens with two attached hydrogens (primary N) is 1. The SMILES string of the molecule is CCCn1cc(C2C(CN)OCCN2CC)cn1. The second-order valence-corrected chi connectivity index (χ2v) is 4.76. The molecule has 5 heteroatoms. The Hall–Kier alpha value is -0.910. The van der Waals surface area contributed by atoms with Crippen molar-refractivity contribution < 1.29 is 4.74 Å². The molecule has 0 radical (unpaired) electrons. The molecule has 1 saturated heterocycles. The van der Waals surface area contributed by atoms with Crippen LogP contribution in [0.4, 0.5) is 0 Å².